The summed E-state index contributed by atoms with van der Waals surface area (Å²) >= 11 is 3.30. The van der Waals surface area contributed by atoms with Crippen LogP contribution in [0.4, 0.5) is 4.39 Å². The molecule has 0 fully saturated rings. The summed E-state index contributed by atoms with van der Waals surface area (Å²) in [5, 5.41) is 9.07. The molecule has 0 aliphatic carbocycles. The smallest absolute Gasteiger partial charge is 0.311 e. The first-order valence-corrected chi connectivity index (χ1v) is 9.57. The molecule has 0 amide bonds. The van der Waals surface area contributed by atoms with Crippen LogP contribution in [0.15, 0.2) is 51.5 Å². The lowest BCUT2D eigenvalue weighted by Crippen LogP contribution is -2.11. The number of hydrogen-bond acceptors (Lipinski definition) is 6. The fourth-order valence-corrected chi connectivity index (χ4v) is 3.06. The summed E-state index contributed by atoms with van der Waals surface area (Å²) in [6.45, 7) is 2.15. The number of oxazole rings is 1. The zero-order chi connectivity index (χ0) is 20.8. The van der Waals surface area contributed by atoms with E-state index in [0.29, 0.717) is 39.6 Å². The second-order valence-electron chi connectivity index (χ2n) is 5.93. The molecule has 6 nitrogen and oxygen atoms in total. The maximum Gasteiger partial charge on any atom is 0.311 e. The largest absolute Gasteiger partial charge is 0.490 e. The molecule has 0 saturated heterocycles. The van der Waals surface area contributed by atoms with Crippen LogP contribution in [0.3, 0.4) is 0 Å². The van der Waals surface area contributed by atoms with Gasteiger partial charge in [-0.3, -0.25) is 4.79 Å². The Labute approximate surface area is 175 Å². The molecule has 29 heavy (non-hydrogen) atoms. The van der Waals surface area contributed by atoms with Gasteiger partial charge in [0, 0.05) is 18.1 Å². The minimum absolute atomic E-state index is 0.0291. The van der Waals surface area contributed by atoms with E-state index in [0.717, 1.165) is 0 Å². The number of esters is 1. The highest BCUT2D eigenvalue weighted by Gasteiger charge is 2.17. The molecule has 1 heterocycles. The van der Waals surface area contributed by atoms with Crippen LogP contribution in [0.1, 0.15) is 24.8 Å². The van der Waals surface area contributed by atoms with Crippen molar-refractivity contribution >= 4 is 21.9 Å². The highest BCUT2D eigenvalue weighted by molar-refractivity contribution is 9.10. The van der Waals surface area contributed by atoms with E-state index >= 15 is 0 Å². The van der Waals surface area contributed by atoms with E-state index in [1.807, 2.05) is 6.07 Å². The number of nitriles is 1. The standard InChI is InChI=1S/C21H16BrFN2O4/c1-2-27-17-10-13(11-24)9-16(22)21(17)29-20(26)8-7-19-25-12-18(28-19)14-3-5-15(23)6-4-14/h3-6,9-10,12H,2,7-8H2,1H3. The van der Waals surface area contributed by atoms with Gasteiger partial charge in [-0.15, -0.1) is 0 Å². The number of carbonyl (C=O) groups is 1. The molecule has 0 bridgehead atoms. The topological polar surface area (TPSA) is 85.4 Å². The molecule has 2 aromatic carbocycles. The summed E-state index contributed by atoms with van der Waals surface area (Å²) in [6.07, 6.45) is 1.79. The molecule has 0 atom stereocenters. The van der Waals surface area contributed by atoms with Gasteiger partial charge in [-0.1, -0.05) is 0 Å². The minimum atomic E-state index is -0.502. The van der Waals surface area contributed by atoms with Gasteiger partial charge in [-0.05, 0) is 53.2 Å². The van der Waals surface area contributed by atoms with Crippen LogP contribution in [-0.4, -0.2) is 17.6 Å². The van der Waals surface area contributed by atoms with E-state index in [1.54, 1.807) is 25.1 Å². The summed E-state index contributed by atoms with van der Waals surface area (Å²) in [5.41, 5.74) is 1.07. The molecule has 0 saturated carbocycles. The van der Waals surface area contributed by atoms with E-state index in [2.05, 4.69) is 20.9 Å². The Hall–Kier alpha value is -3.18. The first-order chi connectivity index (χ1) is 14.0. The Morgan fingerprint density at radius 1 is 1.31 bits per heavy atom. The van der Waals surface area contributed by atoms with Gasteiger partial charge in [-0.2, -0.15) is 5.26 Å². The van der Waals surface area contributed by atoms with Crippen LogP contribution in [0.25, 0.3) is 11.3 Å². The maximum atomic E-state index is 13.0. The normalized spacial score (nSPS) is 10.4. The molecular formula is C21H16BrFN2O4. The van der Waals surface area contributed by atoms with Gasteiger partial charge in [0.05, 0.1) is 35.3 Å². The fourth-order valence-electron chi connectivity index (χ4n) is 2.54. The van der Waals surface area contributed by atoms with Crippen molar-refractivity contribution in [1.82, 2.24) is 4.98 Å². The number of hydrogen-bond donors (Lipinski definition) is 0. The van der Waals surface area contributed by atoms with Crippen LogP contribution >= 0.6 is 15.9 Å². The van der Waals surface area contributed by atoms with Crippen molar-refractivity contribution in [3.63, 3.8) is 0 Å². The van der Waals surface area contributed by atoms with Gasteiger partial charge in [0.25, 0.3) is 0 Å². The number of nitrogens with zero attached hydrogens (tertiary/aromatic N) is 2. The Kier molecular flexibility index (Phi) is 6.62. The van der Waals surface area contributed by atoms with E-state index in [1.165, 1.54) is 24.4 Å². The molecule has 148 valence electrons. The molecule has 0 spiro atoms. The third-order valence-electron chi connectivity index (χ3n) is 3.88. The van der Waals surface area contributed by atoms with E-state index < -0.39 is 5.97 Å². The Morgan fingerprint density at radius 2 is 2.07 bits per heavy atom. The number of halogens is 2. The molecule has 0 radical (unpaired) electrons. The molecular weight excluding hydrogens is 443 g/mol. The highest BCUT2D eigenvalue weighted by Crippen LogP contribution is 2.37. The summed E-state index contributed by atoms with van der Waals surface area (Å²) < 4.78 is 30.0. The van der Waals surface area contributed by atoms with Crippen LogP contribution < -0.4 is 9.47 Å². The van der Waals surface area contributed by atoms with E-state index in [4.69, 9.17) is 19.2 Å². The van der Waals surface area contributed by atoms with Crippen molar-refractivity contribution in [3.05, 3.63) is 64.3 Å². The minimum Gasteiger partial charge on any atom is -0.490 e. The second-order valence-corrected chi connectivity index (χ2v) is 6.78. The Bertz CT molecular complexity index is 1060. The van der Waals surface area contributed by atoms with Gasteiger partial charge in [0.2, 0.25) is 0 Å². The number of ether oxygens (including phenoxy) is 2. The predicted octanol–water partition coefficient (Wildman–Crippen LogP) is 5.05. The van der Waals surface area contributed by atoms with E-state index in [-0.39, 0.29) is 24.4 Å². The lowest BCUT2D eigenvalue weighted by Gasteiger charge is -2.12. The lowest BCUT2D eigenvalue weighted by atomic mass is 10.2. The molecule has 0 N–H and O–H groups in total. The average molecular weight is 459 g/mol. The second kappa shape index (κ2) is 9.34. The van der Waals surface area contributed by atoms with Crippen molar-refractivity contribution in [2.75, 3.05) is 6.61 Å². The van der Waals surface area contributed by atoms with Crippen molar-refractivity contribution in [2.24, 2.45) is 0 Å². The number of benzene rings is 2. The molecule has 0 unspecified atom stereocenters. The van der Waals surface area contributed by atoms with Crippen LogP contribution in [0.2, 0.25) is 0 Å². The monoisotopic (exact) mass is 458 g/mol. The number of aromatic nitrogens is 1. The van der Waals surface area contributed by atoms with Gasteiger partial charge in [0.15, 0.2) is 23.1 Å². The van der Waals surface area contributed by atoms with Crippen LogP contribution in [0, 0.1) is 17.1 Å². The van der Waals surface area contributed by atoms with Crippen LogP contribution in [0.5, 0.6) is 11.5 Å². The Balaban J connectivity index is 1.65. The Morgan fingerprint density at radius 3 is 2.76 bits per heavy atom. The molecule has 0 aliphatic rings. The predicted molar refractivity (Wildman–Crippen MR) is 106 cm³/mol. The van der Waals surface area contributed by atoms with E-state index in [9.17, 15) is 9.18 Å². The third-order valence-corrected chi connectivity index (χ3v) is 4.47. The quantitative estimate of drug-likeness (QED) is 0.363. The first-order valence-electron chi connectivity index (χ1n) is 8.78. The molecule has 3 rings (SSSR count). The van der Waals surface area contributed by atoms with Gasteiger partial charge in [-0.25, -0.2) is 9.37 Å². The van der Waals surface area contributed by atoms with Crippen molar-refractivity contribution in [3.8, 4) is 28.9 Å². The number of carbonyl (C=O) groups excluding carboxylic acids is 1. The maximum absolute atomic E-state index is 13.0. The van der Waals surface area contributed by atoms with Crippen molar-refractivity contribution in [2.45, 2.75) is 19.8 Å². The van der Waals surface area contributed by atoms with Gasteiger partial charge >= 0.3 is 5.97 Å². The van der Waals surface area contributed by atoms with Gasteiger partial charge in [0.1, 0.15) is 5.82 Å². The first kappa shape index (κ1) is 20.6. The number of aryl methyl sites for hydroxylation is 1. The molecule has 3 aromatic rings. The molecule has 1 aromatic heterocycles. The molecule has 0 aliphatic heterocycles. The zero-order valence-corrected chi connectivity index (χ0v) is 17.0. The summed E-state index contributed by atoms with van der Waals surface area (Å²) in [7, 11) is 0. The lowest BCUT2D eigenvalue weighted by molar-refractivity contribution is -0.134. The summed E-state index contributed by atoms with van der Waals surface area (Å²) in [4.78, 5) is 16.4. The zero-order valence-electron chi connectivity index (χ0n) is 15.4. The summed E-state index contributed by atoms with van der Waals surface area (Å²) in [6, 6.07) is 10.9. The fraction of sp³-hybridized carbons (Fsp3) is 0.190. The molecule has 8 heteroatoms. The van der Waals surface area contributed by atoms with Gasteiger partial charge < -0.3 is 13.9 Å². The SMILES string of the molecule is CCOc1cc(C#N)cc(Br)c1OC(=O)CCc1ncc(-c2ccc(F)cc2)o1. The van der Waals surface area contributed by atoms with Crippen molar-refractivity contribution < 1.29 is 23.1 Å². The summed E-state index contributed by atoms with van der Waals surface area (Å²) in [5.74, 6) is 0.540. The van der Waals surface area contributed by atoms with Crippen molar-refractivity contribution in [1.29, 1.82) is 5.26 Å². The number of rotatable bonds is 7. The van der Waals surface area contributed by atoms with Crippen LogP contribution in [-0.2, 0) is 11.2 Å². The average Bonchev–Trinajstić information content (AvgIpc) is 3.18. The highest BCUT2D eigenvalue weighted by atomic mass is 79.9. The third kappa shape index (κ3) is 5.21.